The number of hydrogen-bond donors (Lipinski definition) is 2. The Labute approximate surface area is 187 Å². The van der Waals surface area contributed by atoms with E-state index in [-0.39, 0.29) is 30.5 Å². The number of alkyl halides is 3. The summed E-state index contributed by atoms with van der Waals surface area (Å²) in [4.78, 5) is 17.4. The predicted octanol–water partition coefficient (Wildman–Crippen LogP) is 4.29. The average molecular weight is 530 g/mol. The van der Waals surface area contributed by atoms with Crippen LogP contribution in [-0.2, 0) is 17.8 Å². The van der Waals surface area contributed by atoms with E-state index in [4.69, 9.17) is 4.74 Å². The van der Waals surface area contributed by atoms with Gasteiger partial charge in [0, 0.05) is 33.7 Å². The van der Waals surface area contributed by atoms with E-state index in [2.05, 4.69) is 15.6 Å². The van der Waals surface area contributed by atoms with Crippen LogP contribution in [0, 0.1) is 0 Å². The van der Waals surface area contributed by atoms with Gasteiger partial charge in [-0.15, -0.1) is 24.0 Å². The monoisotopic (exact) mass is 530 g/mol. The number of carbonyl (C=O) groups excluding carboxylic acids is 1. The lowest BCUT2D eigenvalue weighted by molar-refractivity contribution is -0.132. The molecule has 1 aromatic carbocycles. The Balaban J connectivity index is 0.00000784. The predicted molar refractivity (Wildman–Crippen MR) is 118 cm³/mol. The number of ether oxygens (including phenoxy) is 1. The van der Waals surface area contributed by atoms with Gasteiger partial charge in [-0.25, -0.2) is 4.79 Å². The molecule has 0 aliphatic rings. The van der Waals surface area contributed by atoms with E-state index in [0.29, 0.717) is 19.0 Å². The van der Waals surface area contributed by atoms with Crippen LogP contribution in [0.2, 0.25) is 0 Å². The van der Waals surface area contributed by atoms with Gasteiger partial charge in [0.05, 0.1) is 6.42 Å². The second-order valence-electron chi connectivity index (χ2n) is 7.37. The average Bonchev–Trinajstić information content (AvgIpc) is 2.56. The molecule has 6 nitrogen and oxygen atoms in total. The van der Waals surface area contributed by atoms with Crippen molar-refractivity contribution in [1.82, 2.24) is 15.5 Å². The van der Waals surface area contributed by atoms with Crippen LogP contribution < -0.4 is 10.6 Å². The third kappa shape index (κ3) is 12.4. The van der Waals surface area contributed by atoms with Crippen LogP contribution >= 0.6 is 24.0 Å². The Bertz CT molecular complexity index is 659. The van der Waals surface area contributed by atoms with Gasteiger partial charge in [-0.05, 0) is 31.9 Å². The van der Waals surface area contributed by atoms with Crippen LogP contribution in [0.15, 0.2) is 29.3 Å². The first-order chi connectivity index (χ1) is 12.9. The van der Waals surface area contributed by atoms with Crippen LogP contribution in [0.1, 0.15) is 38.3 Å². The minimum atomic E-state index is -4.20. The highest BCUT2D eigenvalue weighted by Gasteiger charge is 2.26. The molecule has 0 atom stereocenters. The van der Waals surface area contributed by atoms with Crippen molar-refractivity contribution in [3.05, 3.63) is 35.4 Å². The lowest BCUT2D eigenvalue weighted by Crippen LogP contribution is -2.38. The summed E-state index contributed by atoms with van der Waals surface area (Å²) >= 11 is 0. The maximum atomic E-state index is 12.2. The zero-order valence-corrected chi connectivity index (χ0v) is 19.7. The molecule has 1 rings (SSSR count). The van der Waals surface area contributed by atoms with Crippen molar-refractivity contribution in [3.63, 3.8) is 0 Å². The number of aliphatic imine (C=N–C) groups is 1. The number of carbonyl (C=O) groups is 1. The molecule has 0 fully saturated rings. The van der Waals surface area contributed by atoms with E-state index in [0.717, 1.165) is 11.1 Å². The summed E-state index contributed by atoms with van der Waals surface area (Å²) in [7, 11) is 3.17. The topological polar surface area (TPSA) is 66.0 Å². The molecule has 0 aliphatic carbocycles. The Hall–Kier alpha value is -1.72. The van der Waals surface area contributed by atoms with Gasteiger partial charge in [0.1, 0.15) is 5.60 Å². The summed E-state index contributed by atoms with van der Waals surface area (Å²) in [5.74, 6) is 0.304. The summed E-state index contributed by atoms with van der Waals surface area (Å²) < 4.78 is 41.9. The fourth-order valence-electron chi connectivity index (χ4n) is 2.17. The molecule has 2 N–H and O–H groups in total. The molecule has 1 amide bonds. The van der Waals surface area contributed by atoms with Crippen LogP contribution in [-0.4, -0.2) is 49.4 Å². The van der Waals surface area contributed by atoms with Gasteiger partial charge in [0.2, 0.25) is 0 Å². The Morgan fingerprint density at radius 1 is 1.10 bits per heavy atom. The van der Waals surface area contributed by atoms with Gasteiger partial charge in [0.15, 0.2) is 5.96 Å². The first-order valence-electron chi connectivity index (χ1n) is 8.93. The van der Waals surface area contributed by atoms with Gasteiger partial charge in [-0.2, -0.15) is 13.2 Å². The molecule has 0 heterocycles. The van der Waals surface area contributed by atoms with Crippen molar-refractivity contribution in [3.8, 4) is 0 Å². The van der Waals surface area contributed by atoms with Crippen LogP contribution in [0.3, 0.4) is 0 Å². The second-order valence-corrected chi connectivity index (χ2v) is 7.37. The summed E-state index contributed by atoms with van der Waals surface area (Å²) in [6, 6.07) is 7.54. The van der Waals surface area contributed by atoms with Gasteiger partial charge >= 0.3 is 12.3 Å². The molecular weight excluding hydrogens is 500 g/mol. The largest absolute Gasteiger partial charge is 0.444 e. The minimum absolute atomic E-state index is 0. The zero-order chi connectivity index (χ0) is 21.4. The quantitative estimate of drug-likeness (QED) is 0.328. The molecule has 0 saturated carbocycles. The zero-order valence-electron chi connectivity index (χ0n) is 17.4. The highest BCUT2D eigenvalue weighted by Crippen LogP contribution is 2.18. The highest BCUT2D eigenvalue weighted by molar-refractivity contribution is 14.0. The van der Waals surface area contributed by atoms with E-state index in [1.165, 1.54) is 11.9 Å². The van der Waals surface area contributed by atoms with Crippen molar-refractivity contribution in [1.29, 1.82) is 0 Å². The van der Waals surface area contributed by atoms with Crippen LogP contribution in [0.4, 0.5) is 18.0 Å². The van der Waals surface area contributed by atoms with Crippen molar-refractivity contribution < 1.29 is 22.7 Å². The van der Waals surface area contributed by atoms with Crippen LogP contribution in [0.5, 0.6) is 0 Å². The highest BCUT2D eigenvalue weighted by atomic mass is 127. The van der Waals surface area contributed by atoms with Gasteiger partial charge in [0.25, 0.3) is 0 Å². The number of nitrogens with one attached hydrogen (secondary N) is 2. The van der Waals surface area contributed by atoms with Gasteiger partial charge in [-0.1, -0.05) is 24.3 Å². The van der Waals surface area contributed by atoms with Gasteiger partial charge in [-0.3, -0.25) is 4.99 Å². The third-order valence-electron chi connectivity index (χ3n) is 3.53. The molecule has 10 heteroatoms. The number of rotatable bonds is 6. The van der Waals surface area contributed by atoms with E-state index in [1.54, 1.807) is 7.05 Å². The second kappa shape index (κ2) is 12.1. The number of benzene rings is 1. The molecular formula is C19H30F3IN4O2. The number of guanidine groups is 1. The summed E-state index contributed by atoms with van der Waals surface area (Å²) in [5, 5.41) is 5.59. The lowest BCUT2D eigenvalue weighted by Gasteiger charge is -2.24. The van der Waals surface area contributed by atoms with E-state index in [1.807, 2.05) is 45.0 Å². The number of nitrogens with zero attached hydrogens (tertiary/aromatic N) is 2. The SMILES string of the molecule is CN=C(NCCC(F)(F)F)NCc1ccc(CN(C)C(=O)OC(C)(C)C)cc1.I. The first kappa shape index (κ1) is 27.3. The summed E-state index contributed by atoms with van der Waals surface area (Å²) in [5.41, 5.74) is 1.32. The van der Waals surface area contributed by atoms with Crippen molar-refractivity contribution >= 4 is 36.0 Å². The van der Waals surface area contributed by atoms with Crippen LogP contribution in [0.25, 0.3) is 0 Å². The Kier molecular flexibility index (Phi) is 11.4. The fourth-order valence-corrected chi connectivity index (χ4v) is 2.17. The number of hydrogen-bond acceptors (Lipinski definition) is 3. The summed E-state index contributed by atoms with van der Waals surface area (Å²) in [6.45, 7) is 6.02. The standard InChI is InChI=1S/C19H29F3N4O2.HI/c1-18(2,3)28-17(27)26(5)13-15-8-6-14(7-9-15)12-25-16(23-4)24-11-10-19(20,21)22;/h6-9H,10-13H2,1-5H3,(H2,23,24,25);1H. The molecule has 0 unspecified atom stereocenters. The maximum absolute atomic E-state index is 12.2. The molecule has 0 saturated heterocycles. The molecule has 166 valence electrons. The van der Waals surface area contributed by atoms with Crippen molar-refractivity contribution in [2.45, 2.75) is 52.1 Å². The smallest absolute Gasteiger partial charge is 0.410 e. The maximum Gasteiger partial charge on any atom is 0.410 e. The van der Waals surface area contributed by atoms with Gasteiger partial charge < -0.3 is 20.3 Å². The Morgan fingerprint density at radius 3 is 2.14 bits per heavy atom. The first-order valence-corrected chi connectivity index (χ1v) is 8.93. The van der Waals surface area contributed by atoms with E-state index < -0.39 is 24.3 Å². The molecule has 0 radical (unpaired) electrons. The minimum Gasteiger partial charge on any atom is -0.444 e. The molecule has 29 heavy (non-hydrogen) atoms. The molecule has 0 bridgehead atoms. The molecule has 1 aromatic rings. The third-order valence-corrected chi connectivity index (χ3v) is 3.53. The molecule has 0 aliphatic heterocycles. The number of amides is 1. The fraction of sp³-hybridized carbons (Fsp3) is 0.579. The molecule has 0 aromatic heterocycles. The molecule has 0 spiro atoms. The summed E-state index contributed by atoms with van der Waals surface area (Å²) in [6.07, 6.45) is -5.52. The van der Waals surface area contributed by atoms with Crippen molar-refractivity contribution in [2.24, 2.45) is 4.99 Å². The lowest BCUT2D eigenvalue weighted by atomic mass is 10.1. The Morgan fingerprint density at radius 2 is 1.66 bits per heavy atom. The number of halogens is 4. The van der Waals surface area contributed by atoms with Crippen molar-refractivity contribution in [2.75, 3.05) is 20.6 Å². The van der Waals surface area contributed by atoms with E-state index >= 15 is 0 Å². The normalized spacial score (nSPS) is 12.1. The van der Waals surface area contributed by atoms with E-state index in [9.17, 15) is 18.0 Å².